The summed E-state index contributed by atoms with van der Waals surface area (Å²) in [5, 5.41) is 9.35. The van der Waals surface area contributed by atoms with E-state index in [1.807, 2.05) is 4.90 Å². The molecule has 124 valence electrons. The maximum Gasteiger partial charge on any atom is 0.326 e. The lowest BCUT2D eigenvalue weighted by molar-refractivity contribution is -0.147. The number of carbonyl (C=O) groups excluding carboxylic acids is 1. The SMILES string of the molecule is CC(=O)N1CC2(CCN(c3ncccc3F)CC2)C[C@@H]1C(=O)O. The summed E-state index contributed by atoms with van der Waals surface area (Å²) in [5.41, 5.74) is -0.184. The number of hydrogen-bond acceptors (Lipinski definition) is 4. The van der Waals surface area contributed by atoms with Gasteiger partial charge in [-0.25, -0.2) is 14.2 Å². The zero-order valence-electron chi connectivity index (χ0n) is 13.0. The van der Waals surface area contributed by atoms with Gasteiger partial charge in [0.15, 0.2) is 11.6 Å². The average Bonchev–Trinajstić information content (AvgIpc) is 2.89. The molecule has 3 heterocycles. The summed E-state index contributed by atoms with van der Waals surface area (Å²) in [6, 6.07) is 2.20. The Kier molecular flexibility index (Phi) is 3.95. The van der Waals surface area contributed by atoms with Crippen molar-refractivity contribution in [3.05, 3.63) is 24.1 Å². The number of amides is 1. The highest BCUT2D eigenvalue weighted by atomic mass is 19.1. The Morgan fingerprint density at radius 3 is 2.61 bits per heavy atom. The van der Waals surface area contributed by atoms with E-state index < -0.39 is 12.0 Å². The van der Waals surface area contributed by atoms with E-state index in [2.05, 4.69) is 4.98 Å². The number of carboxylic acids is 1. The molecule has 2 aliphatic heterocycles. The molecule has 0 unspecified atom stereocenters. The van der Waals surface area contributed by atoms with Crippen LogP contribution in [0.4, 0.5) is 10.2 Å². The van der Waals surface area contributed by atoms with Crippen LogP contribution in [0.2, 0.25) is 0 Å². The summed E-state index contributed by atoms with van der Waals surface area (Å²) in [7, 11) is 0. The standard InChI is InChI=1S/C16H20FN3O3/c1-11(21)20-10-16(9-13(20)15(22)23)4-7-19(8-5-16)14-12(17)3-2-6-18-14/h2-3,6,13H,4-5,7-10H2,1H3,(H,22,23)/t13-/m1/s1. The third kappa shape index (κ3) is 2.87. The van der Waals surface area contributed by atoms with Crippen LogP contribution < -0.4 is 4.90 Å². The molecule has 0 saturated carbocycles. The van der Waals surface area contributed by atoms with Crippen molar-refractivity contribution >= 4 is 17.7 Å². The Labute approximate surface area is 133 Å². The van der Waals surface area contributed by atoms with Gasteiger partial charge >= 0.3 is 5.97 Å². The third-order valence-electron chi connectivity index (χ3n) is 5.06. The molecule has 2 saturated heterocycles. The van der Waals surface area contributed by atoms with Crippen LogP contribution in [0.25, 0.3) is 0 Å². The number of aromatic nitrogens is 1. The molecular weight excluding hydrogens is 301 g/mol. The summed E-state index contributed by atoms with van der Waals surface area (Å²) >= 11 is 0. The van der Waals surface area contributed by atoms with Gasteiger partial charge in [-0.2, -0.15) is 0 Å². The topological polar surface area (TPSA) is 73.7 Å². The molecule has 1 atom stereocenters. The molecule has 7 heteroatoms. The largest absolute Gasteiger partial charge is 0.480 e. The van der Waals surface area contributed by atoms with Gasteiger partial charge in [0, 0.05) is 32.8 Å². The van der Waals surface area contributed by atoms with Crippen molar-refractivity contribution in [2.24, 2.45) is 5.41 Å². The first-order chi connectivity index (χ1) is 10.9. The van der Waals surface area contributed by atoms with E-state index in [-0.39, 0.29) is 17.1 Å². The summed E-state index contributed by atoms with van der Waals surface area (Å²) in [5.74, 6) is -1.15. The van der Waals surface area contributed by atoms with Crippen LogP contribution in [0.3, 0.4) is 0 Å². The number of halogens is 1. The smallest absolute Gasteiger partial charge is 0.326 e. The van der Waals surface area contributed by atoms with Crippen molar-refractivity contribution in [3.63, 3.8) is 0 Å². The number of hydrogen-bond donors (Lipinski definition) is 1. The van der Waals surface area contributed by atoms with Crippen molar-refractivity contribution in [2.75, 3.05) is 24.5 Å². The van der Waals surface area contributed by atoms with Gasteiger partial charge in [-0.3, -0.25) is 4.79 Å². The molecule has 23 heavy (non-hydrogen) atoms. The average molecular weight is 321 g/mol. The highest BCUT2D eigenvalue weighted by molar-refractivity contribution is 5.83. The summed E-state index contributed by atoms with van der Waals surface area (Å²) in [4.78, 5) is 30.6. The van der Waals surface area contributed by atoms with Crippen molar-refractivity contribution in [2.45, 2.75) is 32.2 Å². The predicted molar refractivity (Wildman–Crippen MR) is 81.5 cm³/mol. The first-order valence-electron chi connectivity index (χ1n) is 7.77. The number of pyridine rings is 1. The van der Waals surface area contributed by atoms with Gasteiger partial charge in [0.05, 0.1) is 0 Å². The van der Waals surface area contributed by atoms with Gasteiger partial charge in [-0.05, 0) is 36.8 Å². The number of nitrogens with zero attached hydrogens (tertiary/aromatic N) is 3. The number of carboxylic acid groups (broad SMARTS) is 1. The monoisotopic (exact) mass is 321 g/mol. The van der Waals surface area contributed by atoms with Gasteiger partial charge < -0.3 is 14.9 Å². The van der Waals surface area contributed by atoms with Gasteiger partial charge in [0.25, 0.3) is 0 Å². The lowest BCUT2D eigenvalue weighted by Crippen LogP contribution is -2.43. The van der Waals surface area contributed by atoms with E-state index in [0.29, 0.717) is 31.9 Å². The van der Waals surface area contributed by atoms with Crippen LogP contribution in [-0.2, 0) is 9.59 Å². The van der Waals surface area contributed by atoms with Crippen LogP contribution in [0, 0.1) is 11.2 Å². The minimum Gasteiger partial charge on any atom is -0.480 e. The van der Waals surface area contributed by atoms with Crippen molar-refractivity contribution in [1.82, 2.24) is 9.88 Å². The molecule has 6 nitrogen and oxygen atoms in total. The number of carbonyl (C=O) groups is 2. The second-order valence-electron chi connectivity index (χ2n) is 6.50. The zero-order chi connectivity index (χ0) is 16.6. The summed E-state index contributed by atoms with van der Waals surface area (Å²) in [6.45, 7) is 3.11. The Hall–Kier alpha value is -2.18. The van der Waals surface area contributed by atoms with Crippen molar-refractivity contribution in [3.8, 4) is 0 Å². The van der Waals surface area contributed by atoms with E-state index >= 15 is 0 Å². The summed E-state index contributed by atoms with van der Waals surface area (Å²) in [6.07, 6.45) is 3.50. The van der Waals surface area contributed by atoms with Gasteiger partial charge in [-0.1, -0.05) is 0 Å². The molecule has 1 aromatic rings. The fourth-order valence-electron chi connectivity index (χ4n) is 3.77. The maximum absolute atomic E-state index is 13.8. The van der Waals surface area contributed by atoms with Gasteiger partial charge in [0.1, 0.15) is 6.04 Å². The van der Waals surface area contributed by atoms with E-state index in [1.54, 1.807) is 12.3 Å². The fourth-order valence-corrected chi connectivity index (χ4v) is 3.77. The molecule has 0 radical (unpaired) electrons. The number of rotatable bonds is 2. The minimum absolute atomic E-state index is 0.184. The second kappa shape index (κ2) is 5.79. The highest BCUT2D eigenvalue weighted by Crippen LogP contribution is 2.44. The number of likely N-dealkylation sites (tertiary alicyclic amines) is 1. The molecule has 3 rings (SSSR count). The molecule has 1 aromatic heterocycles. The van der Waals surface area contributed by atoms with E-state index in [9.17, 15) is 19.1 Å². The van der Waals surface area contributed by atoms with Crippen LogP contribution in [-0.4, -0.2) is 52.5 Å². The molecule has 2 aliphatic rings. The molecule has 1 amide bonds. The van der Waals surface area contributed by atoms with Crippen LogP contribution in [0.15, 0.2) is 18.3 Å². The zero-order valence-corrected chi connectivity index (χ0v) is 13.0. The van der Waals surface area contributed by atoms with E-state index in [0.717, 1.165) is 12.8 Å². The van der Waals surface area contributed by atoms with Gasteiger partial charge in [-0.15, -0.1) is 0 Å². The molecule has 0 bridgehead atoms. The Balaban J connectivity index is 1.72. The molecular formula is C16H20FN3O3. The Morgan fingerprint density at radius 2 is 2.09 bits per heavy atom. The number of anilines is 1. The first kappa shape index (κ1) is 15.7. The Bertz CT molecular complexity index is 605. The fraction of sp³-hybridized carbons (Fsp3) is 0.562. The molecule has 0 aliphatic carbocycles. The molecule has 1 N–H and O–H groups in total. The predicted octanol–water partition coefficient (Wildman–Crippen LogP) is 1.51. The Morgan fingerprint density at radius 1 is 1.39 bits per heavy atom. The lowest BCUT2D eigenvalue weighted by atomic mass is 9.76. The third-order valence-corrected chi connectivity index (χ3v) is 5.06. The first-order valence-corrected chi connectivity index (χ1v) is 7.77. The van der Waals surface area contributed by atoms with E-state index in [1.165, 1.54) is 17.9 Å². The van der Waals surface area contributed by atoms with Crippen molar-refractivity contribution < 1.29 is 19.1 Å². The van der Waals surface area contributed by atoms with Crippen LogP contribution >= 0.6 is 0 Å². The minimum atomic E-state index is -0.949. The maximum atomic E-state index is 13.8. The quantitative estimate of drug-likeness (QED) is 0.894. The van der Waals surface area contributed by atoms with Crippen LogP contribution in [0.1, 0.15) is 26.2 Å². The van der Waals surface area contributed by atoms with Crippen LogP contribution in [0.5, 0.6) is 0 Å². The number of piperidine rings is 1. The molecule has 2 fully saturated rings. The molecule has 0 aromatic carbocycles. The molecule has 1 spiro atoms. The van der Waals surface area contributed by atoms with E-state index in [4.69, 9.17) is 0 Å². The van der Waals surface area contributed by atoms with Crippen molar-refractivity contribution in [1.29, 1.82) is 0 Å². The lowest BCUT2D eigenvalue weighted by Gasteiger charge is -2.39. The van der Waals surface area contributed by atoms with Gasteiger partial charge in [0.2, 0.25) is 5.91 Å². The normalized spacial score (nSPS) is 23.3. The second-order valence-corrected chi connectivity index (χ2v) is 6.50. The number of aliphatic carboxylic acids is 1. The summed E-state index contributed by atoms with van der Waals surface area (Å²) < 4.78 is 13.8. The highest BCUT2D eigenvalue weighted by Gasteiger charge is 2.49.